The monoisotopic (exact) mass is 340 g/mol. The molecule has 0 bridgehead atoms. The van der Waals surface area contributed by atoms with Crippen molar-refractivity contribution >= 4 is 15.9 Å². The Bertz CT molecular complexity index is 667. The molecule has 0 aliphatic carbocycles. The highest BCUT2D eigenvalue weighted by atomic mass is 32.2. The number of rotatable bonds is 3. The number of hydrogen-bond donors (Lipinski definition) is 0. The van der Waals surface area contributed by atoms with Crippen molar-refractivity contribution in [3.63, 3.8) is 0 Å². The van der Waals surface area contributed by atoms with Gasteiger partial charge in [-0.2, -0.15) is 12.7 Å². The molecule has 0 spiro atoms. The molecule has 3 rings (SSSR count). The smallest absolute Gasteiger partial charge is 0.304 e. The summed E-state index contributed by atoms with van der Waals surface area (Å²) in [6.45, 7) is 5.13. The van der Waals surface area contributed by atoms with Crippen LogP contribution in [0.3, 0.4) is 0 Å². The molecule has 2 heterocycles. The number of anilines is 1. The summed E-state index contributed by atoms with van der Waals surface area (Å²) in [5, 5.41) is 0. The third kappa shape index (κ3) is 3.18. The van der Waals surface area contributed by atoms with Gasteiger partial charge < -0.3 is 9.47 Å². The molecule has 2 aliphatic rings. The molecule has 0 saturated carbocycles. The minimum Gasteiger partial charge on any atom is -0.497 e. The molecule has 6 nitrogen and oxygen atoms in total. The van der Waals surface area contributed by atoms with Gasteiger partial charge in [0, 0.05) is 19.6 Å². The highest BCUT2D eigenvalue weighted by molar-refractivity contribution is 7.90. The first kappa shape index (κ1) is 16.5. The number of methoxy groups -OCH3 is 1. The molecule has 128 valence electrons. The van der Waals surface area contributed by atoms with Crippen LogP contribution in [0.15, 0.2) is 18.2 Å². The number of morpholine rings is 1. The average molecular weight is 340 g/mol. The van der Waals surface area contributed by atoms with E-state index < -0.39 is 10.2 Å². The fourth-order valence-corrected chi connectivity index (χ4v) is 5.23. The molecule has 2 aliphatic heterocycles. The Balaban J connectivity index is 1.93. The van der Waals surface area contributed by atoms with Crippen LogP contribution in [0.2, 0.25) is 0 Å². The Labute approximate surface area is 138 Å². The fraction of sp³-hybridized carbons (Fsp3) is 0.625. The summed E-state index contributed by atoms with van der Waals surface area (Å²) in [7, 11) is -1.92. The normalized spacial score (nSPS) is 26.0. The lowest BCUT2D eigenvalue weighted by Crippen LogP contribution is -2.54. The van der Waals surface area contributed by atoms with Gasteiger partial charge in [0.1, 0.15) is 5.75 Å². The van der Waals surface area contributed by atoms with Gasteiger partial charge in [-0.15, -0.1) is 0 Å². The first-order chi connectivity index (χ1) is 10.9. The third-order valence-electron chi connectivity index (χ3n) is 4.35. The van der Waals surface area contributed by atoms with Gasteiger partial charge in [-0.1, -0.05) is 0 Å². The van der Waals surface area contributed by atoms with E-state index in [1.807, 2.05) is 32.0 Å². The van der Waals surface area contributed by atoms with E-state index in [1.165, 1.54) is 4.31 Å². The van der Waals surface area contributed by atoms with Gasteiger partial charge in [0.2, 0.25) is 0 Å². The van der Waals surface area contributed by atoms with Crippen LogP contribution in [0.1, 0.15) is 25.8 Å². The molecule has 0 N–H and O–H groups in total. The van der Waals surface area contributed by atoms with Gasteiger partial charge >= 0.3 is 10.2 Å². The van der Waals surface area contributed by atoms with E-state index in [0.29, 0.717) is 19.6 Å². The van der Waals surface area contributed by atoms with E-state index in [9.17, 15) is 8.42 Å². The molecule has 1 aromatic rings. The average Bonchev–Trinajstić information content (AvgIpc) is 2.52. The van der Waals surface area contributed by atoms with Crippen LogP contribution in [0.25, 0.3) is 0 Å². The lowest BCUT2D eigenvalue weighted by Gasteiger charge is -2.39. The largest absolute Gasteiger partial charge is 0.497 e. The highest BCUT2D eigenvalue weighted by Crippen LogP contribution is 2.33. The Morgan fingerprint density at radius 1 is 1.22 bits per heavy atom. The quantitative estimate of drug-likeness (QED) is 0.842. The second-order valence-electron chi connectivity index (χ2n) is 6.25. The second kappa shape index (κ2) is 6.30. The Morgan fingerprint density at radius 2 is 1.91 bits per heavy atom. The fourth-order valence-electron chi connectivity index (χ4n) is 3.36. The van der Waals surface area contributed by atoms with Crippen LogP contribution in [0, 0.1) is 0 Å². The maximum absolute atomic E-state index is 13.1. The van der Waals surface area contributed by atoms with E-state index in [2.05, 4.69) is 0 Å². The summed E-state index contributed by atoms with van der Waals surface area (Å²) in [5.74, 6) is 0.761. The summed E-state index contributed by atoms with van der Waals surface area (Å²) in [4.78, 5) is 0. The van der Waals surface area contributed by atoms with Gasteiger partial charge in [0.15, 0.2) is 0 Å². The number of hydrogen-bond acceptors (Lipinski definition) is 4. The zero-order valence-corrected chi connectivity index (χ0v) is 14.7. The van der Waals surface area contributed by atoms with E-state index in [0.717, 1.165) is 29.8 Å². The predicted molar refractivity (Wildman–Crippen MR) is 89.2 cm³/mol. The Kier molecular flexibility index (Phi) is 4.53. The first-order valence-electron chi connectivity index (χ1n) is 8.02. The topological polar surface area (TPSA) is 59.1 Å². The van der Waals surface area contributed by atoms with Crippen molar-refractivity contribution in [3.8, 4) is 5.75 Å². The molecule has 2 atom stereocenters. The number of nitrogens with zero attached hydrogens (tertiary/aromatic N) is 2. The summed E-state index contributed by atoms with van der Waals surface area (Å²) >= 11 is 0. The van der Waals surface area contributed by atoms with Crippen molar-refractivity contribution in [2.24, 2.45) is 0 Å². The van der Waals surface area contributed by atoms with Crippen LogP contribution >= 0.6 is 0 Å². The van der Waals surface area contributed by atoms with Crippen molar-refractivity contribution in [1.29, 1.82) is 0 Å². The molecule has 23 heavy (non-hydrogen) atoms. The molecule has 7 heteroatoms. The number of fused-ring (bicyclic) bond motifs is 1. The van der Waals surface area contributed by atoms with Gasteiger partial charge in [-0.3, -0.25) is 4.31 Å². The number of benzene rings is 1. The van der Waals surface area contributed by atoms with Crippen LogP contribution in [0.4, 0.5) is 5.69 Å². The van der Waals surface area contributed by atoms with Crippen molar-refractivity contribution in [2.45, 2.75) is 38.9 Å². The summed E-state index contributed by atoms with van der Waals surface area (Å²) in [6.07, 6.45) is 1.51. The molecule has 0 unspecified atom stereocenters. The minimum atomic E-state index is -3.54. The SMILES string of the molecule is COc1ccc2c(c1)CCCN2S(=O)(=O)N1C[C@@H](C)O[C@@H](C)C1. The van der Waals surface area contributed by atoms with Crippen LogP contribution < -0.4 is 9.04 Å². The minimum absolute atomic E-state index is 0.0892. The van der Waals surface area contributed by atoms with Crippen LogP contribution in [-0.4, -0.2) is 51.7 Å². The summed E-state index contributed by atoms with van der Waals surface area (Å²) in [5.41, 5.74) is 1.79. The maximum atomic E-state index is 13.1. The van der Waals surface area contributed by atoms with E-state index in [4.69, 9.17) is 9.47 Å². The molecular weight excluding hydrogens is 316 g/mol. The van der Waals surface area contributed by atoms with Gasteiger partial charge in [0.05, 0.1) is 25.0 Å². The van der Waals surface area contributed by atoms with Crippen LogP contribution in [0.5, 0.6) is 5.75 Å². The van der Waals surface area contributed by atoms with Crippen molar-refractivity contribution in [1.82, 2.24) is 4.31 Å². The maximum Gasteiger partial charge on any atom is 0.304 e. The Hall–Kier alpha value is -1.31. The van der Waals surface area contributed by atoms with Gasteiger partial charge in [-0.05, 0) is 50.5 Å². The molecule has 1 saturated heterocycles. The zero-order chi connectivity index (χ0) is 16.6. The first-order valence-corrected chi connectivity index (χ1v) is 9.41. The molecule has 1 aromatic carbocycles. The van der Waals surface area contributed by atoms with E-state index >= 15 is 0 Å². The highest BCUT2D eigenvalue weighted by Gasteiger charge is 2.37. The van der Waals surface area contributed by atoms with Gasteiger partial charge in [-0.25, -0.2) is 0 Å². The third-order valence-corrected chi connectivity index (χ3v) is 6.24. The van der Waals surface area contributed by atoms with Crippen molar-refractivity contribution in [2.75, 3.05) is 31.0 Å². The zero-order valence-electron chi connectivity index (χ0n) is 13.9. The lowest BCUT2D eigenvalue weighted by atomic mass is 10.0. The predicted octanol–water partition coefficient (Wildman–Crippen LogP) is 1.80. The number of aryl methyl sites for hydroxylation is 1. The van der Waals surface area contributed by atoms with Crippen LogP contribution in [-0.2, 0) is 21.4 Å². The second-order valence-corrected chi connectivity index (χ2v) is 8.11. The summed E-state index contributed by atoms with van der Waals surface area (Å²) in [6, 6.07) is 5.59. The van der Waals surface area contributed by atoms with E-state index in [-0.39, 0.29) is 12.2 Å². The van der Waals surface area contributed by atoms with Crippen molar-refractivity contribution < 1.29 is 17.9 Å². The Morgan fingerprint density at radius 3 is 2.57 bits per heavy atom. The van der Waals surface area contributed by atoms with E-state index in [1.54, 1.807) is 11.4 Å². The summed E-state index contributed by atoms with van der Waals surface area (Å²) < 4.78 is 40.2. The lowest BCUT2D eigenvalue weighted by molar-refractivity contribution is -0.0441. The molecule has 0 amide bonds. The van der Waals surface area contributed by atoms with Crippen molar-refractivity contribution in [3.05, 3.63) is 23.8 Å². The standard InChI is InChI=1S/C16H24N2O4S/c1-12-10-17(11-13(2)22-12)23(19,20)18-8-4-5-14-9-15(21-3)6-7-16(14)18/h6-7,9,12-13H,4-5,8,10-11H2,1-3H3/t12-,13+. The number of ether oxygens (including phenoxy) is 2. The van der Waals surface area contributed by atoms with Gasteiger partial charge in [0.25, 0.3) is 0 Å². The molecule has 1 fully saturated rings. The molecular formula is C16H24N2O4S. The molecule has 0 aromatic heterocycles. The molecule has 0 radical (unpaired) electrons.